The fourth-order valence-electron chi connectivity index (χ4n) is 27.2. The van der Waals surface area contributed by atoms with Gasteiger partial charge >= 0.3 is 0 Å². The fourth-order valence-corrected chi connectivity index (χ4v) is 27.2. The number of benzene rings is 16. The van der Waals surface area contributed by atoms with Crippen molar-refractivity contribution in [3.8, 4) is 150 Å². The van der Waals surface area contributed by atoms with E-state index < -0.39 is 0 Å². The van der Waals surface area contributed by atoms with Crippen LogP contribution in [0.2, 0.25) is 0 Å². The van der Waals surface area contributed by atoms with Crippen LogP contribution in [0.15, 0.2) is 328 Å². The van der Waals surface area contributed by atoms with Crippen LogP contribution in [0.3, 0.4) is 0 Å². The molecule has 0 amide bonds. The van der Waals surface area contributed by atoms with E-state index in [-0.39, 0.29) is 32.5 Å². The molecule has 0 spiro atoms. The average Bonchev–Trinajstić information content (AvgIpc) is 1.56. The third-order valence-electron chi connectivity index (χ3n) is 34.9. The lowest BCUT2D eigenvalue weighted by atomic mass is 9.70. The molecule has 16 aromatic carbocycles. The molecule has 2 nitrogen and oxygen atoms in total. The lowest BCUT2D eigenvalue weighted by molar-refractivity contribution is 0.401. The van der Waals surface area contributed by atoms with E-state index in [4.69, 9.17) is 4.98 Å². The maximum atomic E-state index is 5.06. The van der Waals surface area contributed by atoms with E-state index >= 15 is 0 Å². The zero-order chi connectivity index (χ0) is 94.6. The number of hydrogen-bond donors (Lipinski definition) is 0. The van der Waals surface area contributed by atoms with Crippen molar-refractivity contribution in [2.24, 2.45) is 0 Å². The molecule has 688 valence electrons. The maximum absolute atomic E-state index is 5.06. The van der Waals surface area contributed by atoms with E-state index in [9.17, 15) is 0 Å². The Morgan fingerprint density at radius 3 is 0.784 bits per heavy atom. The smallest absolute Gasteiger partial charge is 0.0781 e. The summed E-state index contributed by atoms with van der Waals surface area (Å²) in [5, 5.41) is 4.77. The van der Waals surface area contributed by atoms with Gasteiger partial charge in [0.2, 0.25) is 0 Å². The Balaban J connectivity index is 0.525. The Kier molecular flexibility index (Phi) is 21.9. The van der Waals surface area contributed by atoms with Crippen molar-refractivity contribution < 1.29 is 0 Å². The van der Waals surface area contributed by atoms with Crippen LogP contribution >= 0.6 is 0 Å². The second-order valence-corrected chi connectivity index (χ2v) is 44.3. The van der Waals surface area contributed by atoms with E-state index in [2.05, 4.69) is 409 Å². The van der Waals surface area contributed by atoms with Crippen LogP contribution in [0.1, 0.15) is 278 Å². The fraction of sp³-hybridized carbons (Fsp3) is 0.277. The highest BCUT2D eigenvalue weighted by atomic mass is 15.0. The van der Waals surface area contributed by atoms with Crippen molar-refractivity contribution in [3.63, 3.8) is 0 Å². The van der Waals surface area contributed by atoms with Crippen LogP contribution in [0, 0.1) is 0 Å². The first-order chi connectivity index (χ1) is 67.7. The van der Waals surface area contributed by atoms with Gasteiger partial charge in [-0.1, -0.05) is 404 Å². The van der Waals surface area contributed by atoms with Crippen LogP contribution in [0.5, 0.6) is 0 Å². The summed E-state index contributed by atoms with van der Waals surface area (Å²) in [6.45, 7) is 29.0. The van der Waals surface area contributed by atoms with Gasteiger partial charge in [0.25, 0.3) is 0 Å². The van der Waals surface area contributed by atoms with Crippen molar-refractivity contribution in [1.82, 2.24) is 9.55 Å². The summed E-state index contributed by atoms with van der Waals surface area (Å²) in [5.74, 6) is 0. The normalized spacial score (nSPS) is 15.3. The van der Waals surface area contributed by atoms with Crippen LogP contribution in [-0.2, 0) is 32.5 Å². The molecule has 139 heavy (non-hydrogen) atoms. The second kappa shape index (κ2) is 34.4. The molecule has 0 bridgehead atoms. The van der Waals surface area contributed by atoms with Gasteiger partial charge in [-0.05, 0) is 334 Å². The van der Waals surface area contributed by atoms with Crippen LogP contribution in [0.4, 0.5) is 0 Å². The Labute approximate surface area is 825 Å². The molecule has 2 aromatic heterocycles. The molecule has 0 aliphatic heterocycles. The molecular formula is C137H130N2. The predicted octanol–water partition coefficient (Wildman–Crippen LogP) is 38.6. The van der Waals surface area contributed by atoms with Gasteiger partial charge in [-0.25, -0.2) is 0 Å². The number of pyridine rings is 1. The molecular weight excluding hydrogens is 1670 g/mol. The molecule has 6 aliphatic rings. The third-order valence-corrected chi connectivity index (χ3v) is 34.9. The summed E-state index contributed by atoms with van der Waals surface area (Å²) in [7, 11) is 0. The summed E-state index contributed by atoms with van der Waals surface area (Å²) in [4.78, 5) is 5.06. The predicted molar refractivity (Wildman–Crippen MR) is 592 cm³/mol. The highest BCUT2D eigenvalue weighted by Crippen LogP contribution is 2.62. The highest BCUT2D eigenvalue weighted by Gasteiger charge is 2.47. The third kappa shape index (κ3) is 14.2. The maximum Gasteiger partial charge on any atom is 0.0781 e. The van der Waals surface area contributed by atoms with Gasteiger partial charge in [-0.15, -0.1) is 0 Å². The molecule has 0 saturated heterocycles. The minimum atomic E-state index is -0.259. The van der Waals surface area contributed by atoms with Crippen LogP contribution in [-0.4, -0.2) is 9.55 Å². The van der Waals surface area contributed by atoms with Crippen molar-refractivity contribution in [1.29, 1.82) is 0 Å². The first-order valence-electron chi connectivity index (χ1n) is 52.9. The minimum Gasteiger partial charge on any atom is -0.309 e. The molecule has 0 atom stereocenters. The summed E-state index contributed by atoms with van der Waals surface area (Å²) < 4.78 is 2.49. The molecule has 0 radical (unpaired) electrons. The number of nitrogens with zero attached hydrogens (tertiary/aromatic N) is 2. The average molecular weight is 1800 g/mol. The largest absolute Gasteiger partial charge is 0.309 e. The van der Waals surface area contributed by atoms with Gasteiger partial charge in [0.05, 0.1) is 16.7 Å². The first kappa shape index (κ1) is 88.4. The zero-order valence-electron chi connectivity index (χ0n) is 83.7. The van der Waals surface area contributed by atoms with Gasteiger partial charge in [0, 0.05) is 66.1 Å². The monoisotopic (exact) mass is 1800 g/mol. The van der Waals surface area contributed by atoms with Gasteiger partial charge in [0.15, 0.2) is 0 Å². The van der Waals surface area contributed by atoms with Crippen molar-refractivity contribution in [3.05, 3.63) is 394 Å². The quantitative estimate of drug-likeness (QED) is 0.0447. The molecule has 2 heterocycles. The Bertz CT molecular complexity index is 7580. The summed E-state index contributed by atoms with van der Waals surface area (Å²) in [6.07, 6.45) is 27.4. The topological polar surface area (TPSA) is 17.8 Å². The Morgan fingerprint density at radius 1 is 0.201 bits per heavy atom. The van der Waals surface area contributed by atoms with E-state index in [1.165, 1.54) is 334 Å². The second-order valence-electron chi connectivity index (χ2n) is 44.3. The minimum absolute atomic E-state index is 0.0455. The molecule has 2 heteroatoms. The molecule has 18 aromatic rings. The van der Waals surface area contributed by atoms with E-state index in [1.54, 1.807) is 22.3 Å². The van der Waals surface area contributed by atoms with Gasteiger partial charge in [0.1, 0.15) is 0 Å². The van der Waals surface area contributed by atoms with E-state index in [0.29, 0.717) is 0 Å². The number of aromatic nitrogens is 2. The Hall–Kier alpha value is -13.3. The number of rotatable bonds is 28. The SMILES string of the molecule is CCCCCCC1(CCCCCC)c2ccccc2-c2ccc(-c3ccc4c(c3)C(C)(C)c3cc(-c5ccc6c(c5)C(C)(C)c5cc(-c7ccc8c(c7)c7cc(-c9ccc%10c(c9)C(C)(C)c9cc(-c%11ccc%12c(c%11)C(C)(C)c%11cc(-c%13ccc%14c(c%13)C(CCCCCC)(CCCCCC)c%13ccccc%13-%14)ccc%11-%12)ccc9-%10)ccc7n8-c7cccc(-c8nccc9ccccc89)c7)ccc5-6)ccc3-4)cc21. The van der Waals surface area contributed by atoms with E-state index in [0.717, 1.165) is 22.3 Å². The molecule has 0 saturated carbocycles. The highest BCUT2D eigenvalue weighted by molar-refractivity contribution is 6.12. The lowest BCUT2D eigenvalue weighted by Gasteiger charge is -2.33. The summed E-state index contributed by atoms with van der Waals surface area (Å²) >= 11 is 0. The first-order valence-corrected chi connectivity index (χ1v) is 52.9. The standard InChI is InChI=1S/C137H130N2/c1-13-17-21-31-69-136(70-32-22-18-14-2)117-42-29-27-40-103(117)113-64-52-98(85-127(113)136)96-50-62-111-109-60-48-94(81-123(109)134(9,10)125(111)83-96)92-46-58-107-105-56-44-90(77-119(105)132(5,6)121(107)79-92)88-54-66-129-115(75-88)116-76-89(55-67-130(116)139(129)101-38-35-37-100(74-101)131-102-39-26-25-36-87(102)68-73-138-131)91-45-57-106-108-59-47-93(80-122(108)133(7,8)120(106)78-91)95-49-61-110-112-63-51-97(84-126(112)135(11,12)124(110)82-95)99-53-65-114-104-41-28-30-43-118(104)137(128(114)86-99,71-33-23-19-15-3)72-34-24-20-16-4/h25-30,35-68,73-86H,13-24,31-34,69-72H2,1-12H3. The summed E-state index contributed by atoms with van der Waals surface area (Å²) in [5.41, 5.74) is 53.8. The Morgan fingerprint density at radius 2 is 0.468 bits per heavy atom. The van der Waals surface area contributed by atoms with Gasteiger partial charge < -0.3 is 4.57 Å². The number of hydrogen-bond acceptors (Lipinski definition) is 1. The number of fused-ring (bicyclic) bond motifs is 22. The van der Waals surface area contributed by atoms with Crippen LogP contribution in [0.25, 0.3) is 183 Å². The van der Waals surface area contributed by atoms with Crippen molar-refractivity contribution in [2.75, 3.05) is 0 Å². The molecule has 0 fully saturated rings. The van der Waals surface area contributed by atoms with Gasteiger partial charge in [-0.2, -0.15) is 0 Å². The van der Waals surface area contributed by atoms with Crippen molar-refractivity contribution in [2.45, 2.75) is 244 Å². The molecule has 0 unspecified atom stereocenters. The lowest BCUT2D eigenvalue weighted by Crippen LogP contribution is -2.25. The van der Waals surface area contributed by atoms with Crippen LogP contribution < -0.4 is 0 Å². The summed E-state index contributed by atoms with van der Waals surface area (Å²) in [6, 6.07) is 127. The number of unbranched alkanes of at least 4 members (excludes halogenated alkanes) is 12. The molecule has 6 aliphatic carbocycles. The molecule has 0 N–H and O–H groups in total. The molecule has 24 rings (SSSR count). The van der Waals surface area contributed by atoms with Crippen molar-refractivity contribution >= 4 is 32.6 Å². The zero-order valence-corrected chi connectivity index (χ0v) is 83.7. The van der Waals surface area contributed by atoms with Gasteiger partial charge in [-0.3, -0.25) is 4.98 Å². The van der Waals surface area contributed by atoms with E-state index in [1.807, 2.05) is 6.20 Å².